The fourth-order valence-corrected chi connectivity index (χ4v) is 2.29. The predicted octanol–water partition coefficient (Wildman–Crippen LogP) is 3.48. The second-order valence-electron chi connectivity index (χ2n) is 6.08. The highest BCUT2D eigenvalue weighted by Gasteiger charge is 2.20. The van der Waals surface area contributed by atoms with Gasteiger partial charge in [-0.1, -0.05) is 12.1 Å². The monoisotopic (exact) mass is 342 g/mol. The summed E-state index contributed by atoms with van der Waals surface area (Å²) in [6.07, 6.45) is 4.34. The number of aromatic nitrogens is 1. The van der Waals surface area contributed by atoms with Crippen LogP contribution in [0.2, 0.25) is 0 Å². The largest absolute Gasteiger partial charge is 0.439 e. The van der Waals surface area contributed by atoms with Gasteiger partial charge in [-0.2, -0.15) is 0 Å². The van der Waals surface area contributed by atoms with Gasteiger partial charge in [0.05, 0.1) is 6.54 Å². The lowest BCUT2D eigenvalue weighted by molar-refractivity contribution is 0.457. The van der Waals surface area contributed by atoms with Gasteiger partial charge in [0.2, 0.25) is 5.88 Å². The lowest BCUT2D eigenvalue weighted by atomic mass is 10.3. The number of guanidine groups is 1. The molecule has 0 unspecified atom stereocenters. The predicted molar refractivity (Wildman–Crippen MR) is 96.3 cm³/mol. The molecule has 3 rings (SSSR count). The van der Waals surface area contributed by atoms with Gasteiger partial charge in [0.15, 0.2) is 5.96 Å². The van der Waals surface area contributed by atoms with Gasteiger partial charge in [0.1, 0.15) is 11.6 Å². The molecule has 1 aromatic heterocycles. The van der Waals surface area contributed by atoms with Crippen molar-refractivity contribution in [3.63, 3.8) is 0 Å². The van der Waals surface area contributed by atoms with Gasteiger partial charge in [0, 0.05) is 31.4 Å². The molecule has 0 amide bonds. The molecule has 0 bridgehead atoms. The molecule has 0 spiro atoms. The number of nitrogens with zero attached hydrogens (tertiary/aromatic N) is 2. The Morgan fingerprint density at radius 1 is 1.28 bits per heavy atom. The minimum Gasteiger partial charge on any atom is -0.439 e. The van der Waals surface area contributed by atoms with E-state index in [1.165, 1.54) is 25.0 Å². The van der Waals surface area contributed by atoms with E-state index < -0.39 is 0 Å². The average molecular weight is 342 g/mol. The van der Waals surface area contributed by atoms with E-state index in [1.54, 1.807) is 24.4 Å². The summed E-state index contributed by atoms with van der Waals surface area (Å²) in [7, 11) is 0. The Hall–Kier alpha value is -2.63. The van der Waals surface area contributed by atoms with E-state index in [0.29, 0.717) is 18.2 Å². The molecular weight excluding hydrogens is 319 g/mol. The number of nitrogens with one attached hydrogen (secondary N) is 2. The molecule has 1 aromatic carbocycles. The standard InChI is InChI=1S/C19H23FN4O/c1-2-21-19(23-11-14-6-7-14)24-13-15-8-9-18(22-12-15)25-17-5-3-4-16(20)10-17/h3-5,8-10,12,14H,2,6-7,11,13H2,1H3,(H2,21,23,24). The molecule has 132 valence electrons. The molecule has 5 nitrogen and oxygen atoms in total. The highest BCUT2D eigenvalue weighted by atomic mass is 19.1. The van der Waals surface area contributed by atoms with Crippen LogP contribution in [-0.2, 0) is 6.54 Å². The maximum Gasteiger partial charge on any atom is 0.219 e. The third-order valence-corrected chi connectivity index (χ3v) is 3.84. The third kappa shape index (κ3) is 5.74. The minimum absolute atomic E-state index is 0.335. The molecule has 0 radical (unpaired) electrons. The van der Waals surface area contributed by atoms with Crippen LogP contribution in [0.25, 0.3) is 0 Å². The summed E-state index contributed by atoms with van der Waals surface area (Å²) in [5, 5.41) is 6.60. The normalized spacial score (nSPS) is 14.2. The lowest BCUT2D eigenvalue weighted by Crippen LogP contribution is -2.38. The van der Waals surface area contributed by atoms with Gasteiger partial charge < -0.3 is 15.4 Å². The summed E-state index contributed by atoms with van der Waals surface area (Å²) in [6, 6.07) is 9.67. The smallest absolute Gasteiger partial charge is 0.219 e. The van der Waals surface area contributed by atoms with E-state index in [1.807, 2.05) is 6.07 Å². The summed E-state index contributed by atoms with van der Waals surface area (Å²) in [5.41, 5.74) is 0.982. The Kier molecular flexibility index (Phi) is 5.82. The first-order valence-electron chi connectivity index (χ1n) is 8.63. The van der Waals surface area contributed by atoms with E-state index in [0.717, 1.165) is 30.5 Å². The first kappa shape index (κ1) is 17.2. The Balaban J connectivity index is 1.56. The van der Waals surface area contributed by atoms with Crippen molar-refractivity contribution in [2.24, 2.45) is 10.9 Å². The number of pyridine rings is 1. The van der Waals surface area contributed by atoms with Crippen LogP contribution in [0.4, 0.5) is 4.39 Å². The summed E-state index contributed by atoms with van der Waals surface area (Å²) in [5.74, 6) is 2.14. The van der Waals surface area contributed by atoms with E-state index in [-0.39, 0.29) is 5.82 Å². The molecule has 2 N–H and O–H groups in total. The van der Waals surface area contributed by atoms with E-state index in [9.17, 15) is 4.39 Å². The topological polar surface area (TPSA) is 58.5 Å². The molecule has 1 aliphatic rings. The van der Waals surface area contributed by atoms with E-state index in [2.05, 4.69) is 27.5 Å². The van der Waals surface area contributed by atoms with Crippen LogP contribution in [0.1, 0.15) is 25.3 Å². The summed E-state index contributed by atoms with van der Waals surface area (Å²) >= 11 is 0. The first-order chi connectivity index (χ1) is 12.2. The van der Waals surface area contributed by atoms with Gasteiger partial charge in [-0.15, -0.1) is 0 Å². The number of aliphatic imine (C=N–C) groups is 1. The highest BCUT2D eigenvalue weighted by Crippen LogP contribution is 2.27. The zero-order valence-corrected chi connectivity index (χ0v) is 14.3. The highest BCUT2D eigenvalue weighted by molar-refractivity contribution is 5.79. The van der Waals surface area contributed by atoms with Crippen molar-refractivity contribution < 1.29 is 9.13 Å². The van der Waals surface area contributed by atoms with Gasteiger partial charge in [-0.25, -0.2) is 14.4 Å². The quantitative estimate of drug-likeness (QED) is 0.597. The molecule has 2 aromatic rings. The Morgan fingerprint density at radius 2 is 2.16 bits per heavy atom. The minimum atomic E-state index is -0.335. The number of hydrogen-bond donors (Lipinski definition) is 2. The van der Waals surface area contributed by atoms with Crippen LogP contribution in [0.15, 0.2) is 47.6 Å². The summed E-state index contributed by atoms with van der Waals surface area (Å²) in [4.78, 5) is 8.83. The maximum atomic E-state index is 13.2. The number of hydrogen-bond acceptors (Lipinski definition) is 3. The molecule has 0 saturated heterocycles. The van der Waals surface area contributed by atoms with Gasteiger partial charge in [-0.05, 0) is 43.4 Å². The van der Waals surface area contributed by atoms with Crippen molar-refractivity contribution in [2.75, 3.05) is 13.1 Å². The van der Waals surface area contributed by atoms with Crippen molar-refractivity contribution in [3.05, 3.63) is 54.0 Å². The van der Waals surface area contributed by atoms with E-state index >= 15 is 0 Å². The van der Waals surface area contributed by atoms with Crippen molar-refractivity contribution in [3.8, 4) is 11.6 Å². The SMILES string of the molecule is CCNC(=NCc1ccc(Oc2cccc(F)c2)nc1)NCC1CC1. The average Bonchev–Trinajstić information content (AvgIpc) is 3.43. The van der Waals surface area contributed by atoms with Gasteiger partial charge in [-0.3, -0.25) is 0 Å². The van der Waals surface area contributed by atoms with Crippen LogP contribution in [0.5, 0.6) is 11.6 Å². The van der Waals surface area contributed by atoms with E-state index in [4.69, 9.17) is 4.74 Å². The zero-order chi connectivity index (χ0) is 17.5. The fraction of sp³-hybridized carbons (Fsp3) is 0.368. The first-order valence-corrected chi connectivity index (χ1v) is 8.63. The van der Waals surface area contributed by atoms with Gasteiger partial charge in [0.25, 0.3) is 0 Å². The number of rotatable bonds is 7. The van der Waals surface area contributed by atoms with Crippen LogP contribution in [0, 0.1) is 11.7 Å². The molecule has 1 fully saturated rings. The zero-order valence-electron chi connectivity index (χ0n) is 14.3. The van der Waals surface area contributed by atoms with Crippen LogP contribution in [-0.4, -0.2) is 24.0 Å². The number of ether oxygens (including phenoxy) is 1. The summed E-state index contributed by atoms with van der Waals surface area (Å²) in [6.45, 7) is 4.39. The second kappa shape index (κ2) is 8.46. The lowest BCUT2D eigenvalue weighted by Gasteiger charge is -2.10. The van der Waals surface area contributed by atoms with Crippen molar-refractivity contribution in [2.45, 2.75) is 26.3 Å². The third-order valence-electron chi connectivity index (χ3n) is 3.84. The molecule has 0 aliphatic heterocycles. The van der Waals surface area contributed by atoms with Crippen molar-refractivity contribution in [1.82, 2.24) is 15.6 Å². The number of halogens is 1. The summed E-state index contributed by atoms with van der Waals surface area (Å²) < 4.78 is 18.7. The molecule has 25 heavy (non-hydrogen) atoms. The second-order valence-corrected chi connectivity index (χ2v) is 6.08. The molecule has 1 aliphatic carbocycles. The number of benzene rings is 1. The Labute approximate surface area is 147 Å². The molecule has 6 heteroatoms. The fourth-order valence-electron chi connectivity index (χ4n) is 2.29. The molecule has 1 heterocycles. The van der Waals surface area contributed by atoms with Crippen molar-refractivity contribution >= 4 is 5.96 Å². The maximum absolute atomic E-state index is 13.2. The molecule has 0 atom stereocenters. The van der Waals surface area contributed by atoms with Crippen molar-refractivity contribution in [1.29, 1.82) is 0 Å². The molecule has 1 saturated carbocycles. The molecular formula is C19H23FN4O. The van der Waals surface area contributed by atoms with Crippen LogP contribution < -0.4 is 15.4 Å². The van der Waals surface area contributed by atoms with Crippen LogP contribution in [0.3, 0.4) is 0 Å². The Bertz CT molecular complexity index is 714. The van der Waals surface area contributed by atoms with Gasteiger partial charge >= 0.3 is 0 Å². The van der Waals surface area contributed by atoms with Crippen LogP contribution >= 0.6 is 0 Å². The Morgan fingerprint density at radius 3 is 2.84 bits per heavy atom.